The second-order valence-corrected chi connectivity index (χ2v) is 5.90. The average Bonchev–Trinajstić information content (AvgIpc) is 2.96. The largest absolute Gasteiger partial charge is 0.346 e. The van der Waals surface area contributed by atoms with Crippen LogP contribution in [0.1, 0.15) is 10.5 Å². The minimum atomic E-state index is -0.466. The van der Waals surface area contributed by atoms with Crippen molar-refractivity contribution in [2.24, 2.45) is 0 Å². The van der Waals surface area contributed by atoms with E-state index >= 15 is 0 Å². The number of halogens is 1. The molecule has 0 bridgehead atoms. The number of rotatable bonds is 5. The summed E-state index contributed by atoms with van der Waals surface area (Å²) in [5.41, 5.74) is 1.92. The number of pyridine rings is 1. The molecule has 3 aromatic rings. The van der Waals surface area contributed by atoms with E-state index < -0.39 is 5.82 Å². The van der Waals surface area contributed by atoms with Gasteiger partial charge in [-0.05, 0) is 49.8 Å². The van der Waals surface area contributed by atoms with Crippen molar-refractivity contribution in [1.29, 1.82) is 0 Å². The van der Waals surface area contributed by atoms with Gasteiger partial charge in [-0.2, -0.15) is 0 Å². The predicted octanol–water partition coefficient (Wildman–Crippen LogP) is 2.99. The van der Waals surface area contributed by atoms with Gasteiger partial charge in [0, 0.05) is 25.0 Å². The van der Waals surface area contributed by atoms with Crippen LogP contribution in [0.4, 0.5) is 10.1 Å². The molecule has 6 heteroatoms. The molecule has 0 aliphatic heterocycles. The first-order chi connectivity index (χ1) is 11.5. The van der Waals surface area contributed by atoms with Crippen LogP contribution in [0, 0.1) is 5.82 Å². The molecule has 1 N–H and O–H groups in total. The van der Waals surface area contributed by atoms with Gasteiger partial charge in [0.05, 0.1) is 11.7 Å². The summed E-state index contributed by atoms with van der Waals surface area (Å²) >= 11 is 0. The Bertz CT molecular complexity index is 855. The molecule has 2 aromatic heterocycles. The van der Waals surface area contributed by atoms with Crippen molar-refractivity contribution in [3.05, 3.63) is 60.3 Å². The third-order valence-electron chi connectivity index (χ3n) is 3.78. The van der Waals surface area contributed by atoms with Gasteiger partial charge in [0.15, 0.2) is 0 Å². The highest BCUT2D eigenvalue weighted by atomic mass is 19.1. The average molecular weight is 326 g/mol. The Morgan fingerprint density at radius 1 is 1.25 bits per heavy atom. The lowest BCUT2D eigenvalue weighted by Gasteiger charge is -2.12. The van der Waals surface area contributed by atoms with Crippen LogP contribution in [-0.2, 0) is 6.54 Å². The van der Waals surface area contributed by atoms with E-state index in [4.69, 9.17) is 0 Å². The fraction of sp³-hybridized carbons (Fsp3) is 0.222. The highest BCUT2D eigenvalue weighted by Crippen LogP contribution is 2.21. The van der Waals surface area contributed by atoms with E-state index in [9.17, 15) is 9.18 Å². The molecule has 124 valence electrons. The molecular formula is C18H19FN4O. The molecule has 0 saturated carbocycles. The fourth-order valence-electron chi connectivity index (χ4n) is 2.47. The molecule has 0 saturated heterocycles. The Kier molecular flexibility index (Phi) is 4.57. The maximum atomic E-state index is 12.9. The quantitative estimate of drug-likeness (QED) is 0.784. The van der Waals surface area contributed by atoms with E-state index in [1.807, 2.05) is 38.5 Å². The molecule has 24 heavy (non-hydrogen) atoms. The summed E-state index contributed by atoms with van der Waals surface area (Å²) in [6.07, 6.45) is 3.08. The van der Waals surface area contributed by atoms with Crippen molar-refractivity contribution < 1.29 is 9.18 Å². The molecule has 0 fully saturated rings. The smallest absolute Gasteiger partial charge is 0.274 e. The van der Waals surface area contributed by atoms with Gasteiger partial charge in [0.2, 0.25) is 0 Å². The van der Waals surface area contributed by atoms with Crippen molar-refractivity contribution in [3.63, 3.8) is 0 Å². The van der Waals surface area contributed by atoms with Crippen LogP contribution in [0.3, 0.4) is 0 Å². The number of benzene rings is 1. The summed E-state index contributed by atoms with van der Waals surface area (Å²) in [5.74, 6) is -0.826. The van der Waals surface area contributed by atoms with Crippen molar-refractivity contribution >= 4 is 22.5 Å². The first-order valence-electron chi connectivity index (χ1n) is 7.69. The molecule has 2 heterocycles. The molecule has 0 unspecified atom stereocenters. The van der Waals surface area contributed by atoms with E-state index in [1.54, 1.807) is 0 Å². The lowest BCUT2D eigenvalue weighted by Crippen LogP contribution is -2.18. The summed E-state index contributed by atoms with van der Waals surface area (Å²) in [6, 6.07) is 10.4. The van der Waals surface area contributed by atoms with E-state index in [1.165, 1.54) is 12.1 Å². The summed E-state index contributed by atoms with van der Waals surface area (Å²) < 4.78 is 15.0. The maximum Gasteiger partial charge on any atom is 0.274 e. The number of fused-ring (bicyclic) bond motifs is 1. The zero-order valence-corrected chi connectivity index (χ0v) is 13.7. The number of carbonyl (C=O) groups is 1. The zero-order chi connectivity index (χ0) is 17.1. The van der Waals surface area contributed by atoms with E-state index in [-0.39, 0.29) is 11.6 Å². The molecule has 0 radical (unpaired) electrons. The van der Waals surface area contributed by atoms with Crippen LogP contribution in [0.5, 0.6) is 0 Å². The van der Waals surface area contributed by atoms with Crippen molar-refractivity contribution in [1.82, 2.24) is 14.5 Å². The molecule has 0 spiro atoms. The topological polar surface area (TPSA) is 50.2 Å². The Morgan fingerprint density at radius 3 is 2.79 bits per heavy atom. The third-order valence-corrected chi connectivity index (χ3v) is 3.78. The van der Waals surface area contributed by atoms with Gasteiger partial charge in [0.1, 0.15) is 11.5 Å². The van der Waals surface area contributed by atoms with Gasteiger partial charge in [-0.3, -0.25) is 4.79 Å². The van der Waals surface area contributed by atoms with Crippen LogP contribution in [-0.4, -0.2) is 41.0 Å². The van der Waals surface area contributed by atoms with E-state index in [0.29, 0.717) is 5.69 Å². The van der Waals surface area contributed by atoms with Crippen LogP contribution in [0.2, 0.25) is 0 Å². The molecule has 5 nitrogen and oxygen atoms in total. The first-order valence-corrected chi connectivity index (χ1v) is 7.69. The standard InChI is InChI=1S/C18H19FN4O/c1-22(2)9-10-23-8-7-13-3-5-15(11-17(13)23)21-18(24)16-6-4-14(19)12-20-16/h3-8,11-12H,9-10H2,1-2H3,(H,21,24). The van der Waals surface area contributed by atoms with Gasteiger partial charge >= 0.3 is 0 Å². The highest BCUT2D eigenvalue weighted by Gasteiger charge is 2.09. The van der Waals surface area contributed by atoms with Gasteiger partial charge in [-0.25, -0.2) is 9.37 Å². The number of nitrogens with one attached hydrogen (secondary N) is 1. The molecule has 0 atom stereocenters. The monoisotopic (exact) mass is 326 g/mol. The lowest BCUT2D eigenvalue weighted by atomic mass is 10.2. The van der Waals surface area contributed by atoms with Crippen molar-refractivity contribution in [2.45, 2.75) is 6.54 Å². The van der Waals surface area contributed by atoms with E-state index in [2.05, 4.69) is 25.8 Å². The fourth-order valence-corrected chi connectivity index (χ4v) is 2.47. The molecule has 3 rings (SSSR count). The van der Waals surface area contributed by atoms with Crippen LogP contribution in [0.25, 0.3) is 10.9 Å². The Labute approximate surface area is 139 Å². The lowest BCUT2D eigenvalue weighted by molar-refractivity contribution is 0.102. The zero-order valence-electron chi connectivity index (χ0n) is 13.7. The number of hydrogen-bond donors (Lipinski definition) is 1. The number of likely N-dealkylation sites (N-methyl/N-ethyl adjacent to an activating group) is 1. The van der Waals surface area contributed by atoms with Crippen LogP contribution < -0.4 is 5.32 Å². The third kappa shape index (κ3) is 3.60. The van der Waals surface area contributed by atoms with Gasteiger partial charge in [0.25, 0.3) is 5.91 Å². The maximum absolute atomic E-state index is 12.9. The molecule has 1 aromatic carbocycles. The van der Waals surface area contributed by atoms with Gasteiger partial charge in [-0.1, -0.05) is 6.07 Å². The minimum absolute atomic E-state index is 0.180. The Morgan fingerprint density at radius 2 is 2.08 bits per heavy atom. The minimum Gasteiger partial charge on any atom is -0.346 e. The summed E-state index contributed by atoms with van der Waals surface area (Å²) in [6.45, 7) is 1.80. The van der Waals surface area contributed by atoms with Gasteiger partial charge < -0.3 is 14.8 Å². The SMILES string of the molecule is CN(C)CCn1ccc2ccc(NC(=O)c3ccc(F)cn3)cc21. The Balaban J connectivity index is 1.80. The summed E-state index contributed by atoms with van der Waals surface area (Å²) in [7, 11) is 4.07. The van der Waals surface area contributed by atoms with Crippen molar-refractivity contribution in [3.8, 4) is 0 Å². The second-order valence-electron chi connectivity index (χ2n) is 5.90. The van der Waals surface area contributed by atoms with Crippen LogP contribution in [0.15, 0.2) is 48.8 Å². The summed E-state index contributed by atoms with van der Waals surface area (Å²) in [5, 5.41) is 3.92. The number of hydrogen-bond acceptors (Lipinski definition) is 3. The van der Waals surface area contributed by atoms with Gasteiger partial charge in [-0.15, -0.1) is 0 Å². The number of aromatic nitrogens is 2. The molecule has 0 aliphatic rings. The molecular weight excluding hydrogens is 307 g/mol. The first kappa shape index (κ1) is 16.1. The summed E-state index contributed by atoms with van der Waals surface area (Å²) in [4.78, 5) is 18.1. The number of anilines is 1. The number of carbonyl (C=O) groups excluding carboxylic acids is 1. The Hall–Kier alpha value is -2.73. The normalized spacial score (nSPS) is 11.2. The highest BCUT2D eigenvalue weighted by molar-refractivity contribution is 6.03. The van der Waals surface area contributed by atoms with Crippen molar-refractivity contribution in [2.75, 3.05) is 26.0 Å². The predicted molar refractivity (Wildman–Crippen MR) is 92.6 cm³/mol. The van der Waals surface area contributed by atoms with Crippen LogP contribution >= 0.6 is 0 Å². The van der Waals surface area contributed by atoms with E-state index in [0.717, 1.165) is 30.2 Å². The molecule has 0 aliphatic carbocycles. The number of nitrogens with zero attached hydrogens (tertiary/aromatic N) is 3. The second kappa shape index (κ2) is 6.80. The molecule has 1 amide bonds. The number of amides is 1.